The van der Waals surface area contributed by atoms with E-state index >= 15 is 0 Å². The number of methoxy groups -OCH3 is 1. The van der Waals surface area contributed by atoms with Crippen LogP contribution in [0.3, 0.4) is 0 Å². The monoisotopic (exact) mass is 395 g/mol. The predicted molar refractivity (Wildman–Crippen MR) is 101 cm³/mol. The summed E-state index contributed by atoms with van der Waals surface area (Å²) in [5.41, 5.74) is 2.12. The fourth-order valence-corrected chi connectivity index (χ4v) is 4.90. The van der Waals surface area contributed by atoms with Crippen LogP contribution in [0.1, 0.15) is 24.2 Å². The molecule has 0 aromatic heterocycles. The van der Waals surface area contributed by atoms with E-state index in [-0.39, 0.29) is 28.7 Å². The molecule has 0 saturated carbocycles. The first-order valence-corrected chi connectivity index (χ1v) is 10.2. The Morgan fingerprint density at radius 1 is 1.15 bits per heavy atom. The maximum atomic E-state index is 13.1. The van der Waals surface area contributed by atoms with Crippen molar-refractivity contribution in [2.45, 2.75) is 31.0 Å². The lowest BCUT2D eigenvalue weighted by molar-refractivity contribution is -0.0557. The van der Waals surface area contributed by atoms with Gasteiger partial charge in [0.05, 0.1) is 29.2 Å². The van der Waals surface area contributed by atoms with Gasteiger partial charge in [0.2, 0.25) is 10.0 Å². The summed E-state index contributed by atoms with van der Waals surface area (Å²) >= 11 is 6.11. The van der Waals surface area contributed by atoms with Gasteiger partial charge in [0, 0.05) is 13.1 Å². The molecule has 0 radical (unpaired) electrons. The number of ether oxygens (including phenoxy) is 2. The van der Waals surface area contributed by atoms with Crippen molar-refractivity contribution in [3.63, 3.8) is 0 Å². The van der Waals surface area contributed by atoms with E-state index in [1.165, 1.54) is 23.5 Å². The molecule has 0 N–H and O–H groups in total. The Kier molecular flexibility index (Phi) is 5.58. The van der Waals surface area contributed by atoms with Crippen LogP contribution in [-0.2, 0) is 14.8 Å². The highest BCUT2D eigenvalue weighted by atomic mass is 35.5. The number of hydrogen-bond donors (Lipinski definition) is 0. The zero-order valence-corrected chi connectivity index (χ0v) is 16.5. The second kappa shape index (κ2) is 7.56. The van der Waals surface area contributed by atoms with Gasteiger partial charge in [-0.2, -0.15) is 4.31 Å². The Hall–Kier alpha value is -1.60. The largest absolute Gasteiger partial charge is 0.495 e. The summed E-state index contributed by atoms with van der Waals surface area (Å²) in [5.74, 6) is 0.443. The van der Waals surface area contributed by atoms with Crippen LogP contribution < -0.4 is 4.74 Å². The van der Waals surface area contributed by atoms with Crippen LogP contribution in [0.15, 0.2) is 47.4 Å². The normalized spacial score (nSPS) is 21.5. The topological polar surface area (TPSA) is 55.8 Å². The van der Waals surface area contributed by atoms with Gasteiger partial charge in [-0.1, -0.05) is 41.4 Å². The molecule has 26 heavy (non-hydrogen) atoms. The number of halogens is 1. The van der Waals surface area contributed by atoms with E-state index in [0.717, 1.165) is 11.1 Å². The lowest BCUT2D eigenvalue weighted by Gasteiger charge is -2.36. The molecule has 1 heterocycles. The fourth-order valence-electron chi connectivity index (χ4n) is 3.03. The van der Waals surface area contributed by atoms with Crippen LogP contribution in [0.25, 0.3) is 0 Å². The third kappa shape index (κ3) is 3.88. The first-order valence-electron chi connectivity index (χ1n) is 8.37. The van der Waals surface area contributed by atoms with E-state index in [2.05, 4.69) is 0 Å². The number of aryl methyl sites for hydroxylation is 1. The summed E-state index contributed by atoms with van der Waals surface area (Å²) in [7, 11) is -2.19. The second-order valence-corrected chi connectivity index (χ2v) is 8.81. The third-order valence-electron chi connectivity index (χ3n) is 4.44. The maximum Gasteiger partial charge on any atom is 0.243 e. The molecule has 0 amide bonds. The molecule has 0 aliphatic carbocycles. The van der Waals surface area contributed by atoms with Crippen molar-refractivity contribution in [3.8, 4) is 5.75 Å². The van der Waals surface area contributed by atoms with Gasteiger partial charge in [-0.05, 0) is 37.6 Å². The molecule has 3 rings (SSSR count). The van der Waals surface area contributed by atoms with Crippen molar-refractivity contribution < 1.29 is 17.9 Å². The minimum atomic E-state index is -3.68. The van der Waals surface area contributed by atoms with Gasteiger partial charge >= 0.3 is 0 Å². The van der Waals surface area contributed by atoms with Gasteiger partial charge in [0.25, 0.3) is 0 Å². The smallest absolute Gasteiger partial charge is 0.243 e. The Morgan fingerprint density at radius 3 is 2.46 bits per heavy atom. The van der Waals surface area contributed by atoms with Crippen molar-refractivity contribution in [1.82, 2.24) is 4.31 Å². The van der Waals surface area contributed by atoms with Gasteiger partial charge in [-0.25, -0.2) is 8.42 Å². The van der Waals surface area contributed by atoms with Crippen LogP contribution in [0, 0.1) is 6.92 Å². The molecule has 1 aliphatic heterocycles. The summed E-state index contributed by atoms with van der Waals surface area (Å²) in [6.45, 7) is 4.45. The van der Waals surface area contributed by atoms with Gasteiger partial charge in [-0.15, -0.1) is 0 Å². The minimum absolute atomic E-state index is 0.153. The molecule has 1 fully saturated rings. The molecule has 1 aliphatic rings. The van der Waals surface area contributed by atoms with Crippen LogP contribution in [0.2, 0.25) is 5.02 Å². The quantitative estimate of drug-likeness (QED) is 0.789. The lowest BCUT2D eigenvalue weighted by atomic mass is 10.1. The average molecular weight is 396 g/mol. The van der Waals surface area contributed by atoms with Crippen molar-refractivity contribution in [2.24, 2.45) is 0 Å². The van der Waals surface area contributed by atoms with Crippen molar-refractivity contribution in [2.75, 3.05) is 20.2 Å². The molecule has 2 atom stereocenters. The number of benzene rings is 2. The molecule has 0 spiro atoms. The Morgan fingerprint density at radius 2 is 1.85 bits per heavy atom. The second-order valence-electron chi connectivity index (χ2n) is 6.46. The molecule has 2 unspecified atom stereocenters. The van der Waals surface area contributed by atoms with E-state index in [0.29, 0.717) is 12.3 Å². The molecule has 140 valence electrons. The summed E-state index contributed by atoms with van der Waals surface area (Å²) in [5, 5.41) is 0.268. The Balaban J connectivity index is 1.89. The minimum Gasteiger partial charge on any atom is -0.495 e. The highest BCUT2D eigenvalue weighted by molar-refractivity contribution is 7.89. The highest BCUT2D eigenvalue weighted by Gasteiger charge is 2.34. The van der Waals surface area contributed by atoms with Crippen molar-refractivity contribution >= 4 is 21.6 Å². The van der Waals surface area contributed by atoms with Crippen LogP contribution in [-0.4, -0.2) is 39.0 Å². The van der Waals surface area contributed by atoms with E-state index < -0.39 is 10.0 Å². The van der Waals surface area contributed by atoms with Crippen LogP contribution >= 0.6 is 11.6 Å². The first kappa shape index (κ1) is 19.2. The van der Waals surface area contributed by atoms with Crippen molar-refractivity contribution in [1.29, 1.82) is 0 Å². The molecule has 1 saturated heterocycles. The van der Waals surface area contributed by atoms with E-state index in [9.17, 15) is 8.42 Å². The van der Waals surface area contributed by atoms with E-state index in [1.54, 1.807) is 6.07 Å². The van der Waals surface area contributed by atoms with E-state index in [1.807, 2.05) is 38.1 Å². The van der Waals surface area contributed by atoms with Gasteiger partial charge in [0.1, 0.15) is 5.75 Å². The summed E-state index contributed by atoms with van der Waals surface area (Å²) in [6.07, 6.45) is -0.513. The van der Waals surface area contributed by atoms with Crippen molar-refractivity contribution in [3.05, 3.63) is 58.6 Å². The molecule has 2 aromatic rings. The average Bonchev–Trinajstić information content (AvgIpc) is 2.61. The molecule has 0 bridgehead atoms. The van der Waals surface area contributed by atoms with Gasteiger partial charge < -0.3 is 9.47 Å². The lowest BCUT2D eigenvalue weighted by Crippen LogP contribution is -2.45. The SMILES string of the molecule is COc1ccc(S(=O)(=O)N2CC(C)OC(c3ccc(C)cc3)C2)cc1Cl. The predicted octanol–water partition coefficient (Wildman–Crippen LogP) is 3.81. The van der Waals surface area contributed by atoms with Crippen LogP contribution in [0.4, 0.5) is 0 Å². The Bertz CT molecular complexity index is 883. The number of morpholine rings is 1. The zero-order chi connectivity index (χ0) is 18.9. The zero-order valence-electron chi connectivity index (χ0n) is 15.0. The fraction of sp³-hybridized carbons (Fsp3) is 0.368. The molecular weight excluding hydrogens is 374 g/mol. The Labute approximate surface area is 159 Å². The maximum absolute atomic E-state index is 13.1. The van der Waals surface area contributed by atoms with Gasteiger partial charge in [-0.3, -0.25) is 0 Å². The summed E-state index contributed by atoms with van der Waals surface area (Å²) in [6, 6.07) is 12.5. The van der Waals surface area contributed by atoms with E-state index in [4.69, 9.17) is 21.1 Å². The number of rotatable bonds is 4. The number of sulfonamides is 1. The standard InChI is InChI=1S/C19H22ClNO4S/c1-13-4-6-15(7-5-13)19-12-21(11-14(2)25-19)26(22,23)16-8-9-18(24-3)17(20)10-16/h4-10,14,19H,11-12H2,1-3H3. The third-order valence-corrected chi connectivity index (χ3v) is 6.56. The van der Waals surface area contributed by atoms with Gasteiger partial charge in [0.15, 0.2) is 0 Å². The molecule has 7 heteroatoms. The molecule has 2 aromatic carbocycles. The highest BCUT2D eigenvalue weighted by Crippen LogP contribution is 2.32. The molecule has 5 nitrogen and oxygen atoms in total. The summed E-state index contributed by atoms with van der Waals surface area (Å²) < 4.78 is 38.7. The summed E-state index contributed by atoms with van der Waals surface area (Å²) in [4.78, 5) is 0.153. The molecular formula is C19H22ClNO4S. The van der Waals surface area contributed by atoms with Crippen LogP contribution in [0.5, 0.6) is 5.75 Å². The number of nitrogens with zero attached hydrogens (tertiary/aromatic N) is 1. The first-order chi connectivity index (χ1) is 12.3. The number of hydrogen-bond acceptors (Lipinski definition) is 4.